The molecule has 2 amide bonds. The summed E-state index contributed by atoms with van der Waals surface area (Å²) in [4.78, 5) is 42.0. The summed E-state index contributed by atoms with van der Waals surface area (Å²) in [5, 5.41) is 0. The summed E-state index contributed by atoms with van der Waals surface area (Å²) in [6, 6.07) is 28.9. The molecular formula is C33H24BrNO4. The van der Waals surface area contributed by atoms with E-state index in [4.69, 9.17) is 4.74 Å². The van der Waals surface area contributed by atoms with Gasteiger partial charge >= 0.3 is 0 Å². The fourth-order valence-corrected chi connectivity index (χ4v) is 7.02. The summed E-state index contributed by atoms with van der Waals surface area (Å²) in [6.45, 7) is 1.76. The Labute approximate surface area is 234 Å². The van der Waals surface area contributed by atoms with Gasteiger partial charge in [0.05, 0.1) is 17.5 Å². The maximum atomic E-state index is 14.0. The first-order valence-corrected chi connectivity index (χ1v) is 13.8. The molecular weight excluding hydrogens is 554 g/mol. The van der Waals surface area contributed by atoms with Crippen molar-refractivity contribution in [2.45, 2.75) is 18.8 Å². The van der Waals surface area contributed by atoms with Gasteiger partial charge in [0.2, 0.25) is 11.8 Å². The predicted molar refractivity (Wildman–Crippen MR) is 151 cm³/mol. The van der Waals surface area contributed by atoms with Gasteiger partial charge < -0.3 is 4.74 Å². The van der Waals surface area contributed by atoms with Crippen LogP contribution in [0.4, 0.5) is 5.69 Å². The van der Waals surface area contributed by atoms with Crippen LogP contribution in [0.15, 0.2) is 95.5 Å². The molecule has 1 aliphatic heterocycles. The van der Waals surface area contributed by atoms with Gasteiger partial charge in [0.1, 0.15) is 5.75 Å². The lowest BCUT2D eigenvalue weighted by Gasteiger charge is -2.45. The summed E-state index contributed by atoms with van der Waals surface area (Å²) < 4.78 is 6.68. The maximum absolute atomic E-state index is 14.0. The van der Waals surface area contributed by atoms with E-state index in [1.54, 1.807) is 30.3 Å². The van der Waals surface area contributed by atoms with E-state index >= 15 is 0 Å². The lowest BCUT2D eigenvalue weighted by Crippen LogP contribution is -2.41. The van der Waals surface area contributed by atoms with E-state index < -0.39 is 11.8 Å². The number of amides is 2. The monoisotopic (exact) mass is 577 g/mol. The molecule has 0 N–H and O–H groups in total. The van der Waals surface area contributed by atoms with E-state index in [1.165, 1.54) is 4.90 Å². The van der Waals surface area contributed by atoms with Crippen molar-refractivity contribution in [2.75, 3.05) is 11.5 Å². The minimum absolute atomic E-state index is 0.105. The summed E-state index contributed by atoms with van der Waals surface area (Å²) in [5.74, 6) is -1.04. The quantitative estimate of drug-likeness (QED) is 0.203. The molecule has 2 bridgehead atoms. The maximum Gasteiger partial charge on any atom is 0.238 e. The van der Waals surface area contributed by atoms with E-state index in [-0.39, 0.29) is 36.0 Å². The lowest BCUT2D eigenvalue weighted by atomic mass is 9.55. The Morgan fingerprint density at radius 2 is 1.28 bits per heavy atom. The summed E-state index contributed by atoms with van der Waals surface area (Å²) >= 11 is 3.37. The van der Waals surface area contributed by atoms with Crippen molar-refractivity contribution >= 4 is 39.2 Å². The molecule has 1 heterocycles. The Morgan fingerprint density at radius 3 is 1.77 bits per heavy atom. The van der Waals surface area contributed by atoms with Crippen molar-refractivity contribution in [3.8, 4) is 5.75 Å². The van der Waals surface area contributed by atoms with Crippen LogP contribution in [0.2, 0.25) is 0 Å². The molecule has 2 atom stereocenters. The SMILES string of the molecule is Cc1cc(OCC(=O)c2ccc(Br)cc2)ccc1N1C(=O)[C@@H]2C3c4ccccc4C(c4ccccc43)[C@@H]2C1=O. The minimum atomic E-state index is -0.425. The number of carbonyl (C=O) groups excluding carboxylic acids is 3. The second-order valence-corrected chi connectivity index (χ2v) is 11.4. The number of rotatable bonds is 5. The number of hydrogen-bond donors (Lipinski definition) is 0. The van der Waals surface area contributed by atoms with Crippen molar-refractivity contribution in [3.63, 3.8) is 0 Å². The van der Waals surface area contributed by atoms with Gasteiger partial charge in [0.15, 0.2) is 12.4 Å². The molecule has 0 saturated carbocycles. The van der Waals surface area contributed by atoms with Crippen LogP contribution >= 0.6 is 15.9 Å². The highest BCUT2D eigenvalue weighted by molar-refractivity contribution is 9.10. The summed E-state index contributed by atoms with van der Waals surface area (Å²) in [6.07, 6.45) is 0. The molecule has 0 radical (unpaired) electrons. The zero-order valence-corrected chi connectivity index (χ0v) is 22.7. The second kappa shape index (κ2) is 9.02. The molecule has 0 spiro atoms. The molecule has 1 saturated heterocycles. The van der Waals surface area contributed by atoms with Gasteiger partial charge in [-0.15, -0.1) is 0 Å². The Morgan fingerprint density at radius 1 is 0.769 bits per heavy atom. The van der Waals surface area contributed by atoms with E-state index in [0.717, 1.165) is 32.3 Å². The largest absolute Gasteiger partial charge is 0.485 e. The van der Waals surface area contributed by atoms with Gasteiger partial charge in [-0.2, -0.15) is 0 Å². The van der Waals surface area contributed by atoms with Gasteiger partial charge in [-0.3, -0.25) is 14.4 Å². The predicted octanol–water partition coefficient (Wildman–Crippen LogP) is 6.42. The Kier molecular flexibility index (Phi) is 5.56. The number of aryl methyl sites for hydroxylation is 1. The average Bonchev–Trinajstić information content (AvgIpc) is 3.22. The summed E-state index contributed by atoms with van der Waals surface area (Å²) in [7, 11) is 0. The van der Waals surface area contributed by atoms with Crippen LogP contribution in [0, 0.1) is 18.8 Å². The normalized spacial score (nSPS) is 22.4. The molecule has 4 aromatic rings. The molecule has 3 aliphatic carbocycles. The number of Topliss-reactive ketones (excluding diaryl/α,β-unsaturated/α-hetero) is 1. The van der Waals surface area contributed by atoms with Gasteiger partial charge in [0.25, 0.3) is 0 Å². The Bertz CT molecular complexity index is 1560. The molecule has 192 valence electrons. The number of ether oxygens (including phenoxy) is 1. The molecule has 4 aromatic carbocycles. The first kappa shape index (κ1) is 24.0. The van der Waals surface area contributed by atoms with Gasteiger partial charge in [-0.25, -0.2) is 4.90 Å². The number of imide groups is 1. The van der Waals surface area contributed by atoms with E-state index in [2.05, 4.69) is 40.2 Å². The number of halogens is 1. The van der Waals surface area contributed by atoms with Crippen LogP contribution in [0.1, 0.15) is 50.0 Å². The smallest absolute Gasteiger partial charge is 0.238 e. The van der Waals surface area contributed by atoms with Crippen LogP contribution in [0.3, 0.4) is 0 Å². The minimum Gasteiger partial charge on any atom is -0.485 e. The van der Waals surface area contributed by atoms with E-state index in [9.17, 15) is 14.4 Å². The number of hydrogen-bond acceptors (Lipinski definition) is 4. The molecule has 8 rings (SSSR count). The highest BCUT2D eigenvalue weighted by Crippen LogP contribution is 2.61. The number of ketones is 1. The van der Waals surface area contributed by atoms with Crippen LogP contribution < -0.4 is 9.64 Å². The standard InChI is InChI=1S/C33H24BrNO4/c1-18-16-21(39-17-27(36)19-10-12-20(34)13-11-19)14-15-26(18)35-32(37)30-28-22-6-2-3-7-23(22)29(31(30)33(35)38)25-9-5-4-8-24(25)28/h2-16,28-31H,17H2,1H3/t28?,29?,30-,31+. The van der Waals surface area contributed by atoms with E-state index in [1.807, 2.05) is 43.3 Å². The topological polar surface area (TPSA) is 63.7 Å². The molecule has 39 heavy (non-hydrogen) atoms. The second-order valence-electron chi connectivity index (χ2n) is 10.4. The molecule has 0 unspecified atom stereocenters. The number of benzene rings is 4. The highest BCUT2D eigenvalue weighted by atomic mass is 79.9. The van der Waals surface area contributed by atoms with Gasteiger partial charge in [-0.05, 0) is 65.1 Å². The van der Waals surface area contributed by atoms with Crippen molar-refractivity contribution in [1.29, 1.82) is 0 Å². The first-order chi connectivity index (χ1) is 18.9. The zero-order valence-electron chi connectivity index (χ0n) is 21.1. The third kappa shape index (κ3) is 3.62. The summed E-state index contributed by atoms with van der Waals surface area (Å²) in [5.41, 5.74) is 6.49. The van der Waals surface area contributed by atoms with Crippen LogP contribution in [-0.2, 0) is 9.59 Å². The zero-order chi connectivity index (χ0) is 26.8. The molecule has 6 heteroatoms. The Hall–Kier alpha value is -4.03. The van der Waals surface area contributed by atoms with Crippen LogP contribution in [-0.4, -0.2) is 24.2 Å². The number of anilines is 1. The van der Waals surface area contributed by atoms with Gasteiger partial charge in [0, 0.05) is 21.9 Å². The van der Waals surface area contributed by atoms with Crippen molar-refractivity contribution in [3.05, 3.63) is 129 Å². The number of nitrogens with zero attached hydrogens (tertiary/aromatic N) is 1. The van der Waals surface area contributed by atoms with Crippen LogP contribution in [0.5, 0.6) is 5.75 Å². The highest BCUT2D eigenvalue weighted by Gasteiger charge is 2.61. The molecule has 5 nitrogen and oxygen atoms in total. The third-order valence-electron chi connectivity index (χ3n) is 8.39. The van der Waals surface area contributed by atoms with Crippen molar-refractivity contribution in [2.24, 2.45) is 11.8 Å². The van der Waals surface area contributed by atoms with Crippen molar-refractivity contribution in [1.82, 2.24) is 0 Å². The average molecular weight is 578 g/mol. The van der Waals surface area contributed by atoms with E-state index in [0.29, 0.717) is 17.0 Å². The molecule has 0 aromatic heterocycles. The Balaban J connectivity index is 1.18. The lowest BCUT2D eigenvalue weighted by molar-refractivity contribution is -0.122. The molecule has 1 fully saturated rings. The van der Waals surface area contributed by atoms with Crippen molar-refractivity contribution < 1.29 is 19.1 Å². The molecule has 4 aliphatic rings. The fourth-order valence-electron chi connectivity index (χ4n) is 6.75. The van der Waals surface area contributed by atoms with Crippen LogP contribution in [0.25, 0.3) is 0 Å². The first-order valence-electron chi connectivity index (χ1n) is 13.0. The van der Waals surface area contributed by atoms with Gasteiger partial charge in [-0.1, -0.05) is 76.6 Å². The number of carbonyl (C=O) groups is 3. The fraction of sp³-hybridized carbons (Fsp3) is 0.182. The third-order valence-corrected chi connectivity index (χ3v) is 8.92.